The Morgan fingerprint density at radius 3 is 2.57 bits per heavy atom. The quantitative estimate of drug-likeness (QED) is 0.829. The van der Waals surface area contributed by atoms with Crippen molar-refractivity contribution < 1.29 is 14.6 Å². The molecule has 5 heteroatoms. The minimum atomic E-state index is -0.767. The Morgan fingerprint density at radius 2 is 2.00 bits per heavy atom. The van der Waals surface area contributed by atoms with Crippen LogP contribution in [0.2, 0.25) is 0 Å². The second-order valence-corrected chi connectivity index (χ2v) is 5.41. The predicted molar refractivity (Wildman–Crippen MR) is 82.8 cm³/mol. The highest BCUT2D eigenvalue weighted by Crippen LogP contribution is 2.22. The molecule has 2 rings (SSSR count). The number of hydrogen-bond donors (Lipinski definition) is 1. The van der Waals surface area contributed by atoms with Gasteiger partial charge in [0.15, 0.2) is 0 Å². The number of benzene rings is 1. The summed E-state index contributed by atoms with van der Waals surface area (Å²) in [7, 11) is 1.65. The topological polar surface area (TPSA) is 53.0 Å². The van der Waals surface area contributed by atoms with Gasteiger partial charge in [-0.3, -0.25) is 9.69 Å². The van der Waals surface area contributed by atoms with E-state index in [4.69, 9.17) is 9.84 Å². The number of ether oxygens (including phenoxy) is 1. The van der Waals surface area contributed by atoms with E-state index in [0.29, 0.717) is 19.2 Å². The molecule has 0 bridgehead atoms. The molecule has 0 saturated carbocycles. The molecular formula is C16H24N2O3. The number of hydrogen-bond acceptors (Lipinski definition) is 4. The molecule has 0 radical (unpaired) electrons. The number of carboxylic acid groups (broad SMARTS) is 1. The zero-order chi connectivity index (χ0) is 15.1. The number of piperidine rings is 1. The first-order valence-corrected chi connectivity index (χ1v) is 7.45. The van der Waals surface area contributed by atoms with Crippen molar-refractivity contribution in [2.24, 2.45) is 0 Å². The third-order valence-electron chi connectivity index (χ3n) is 4.02. The van der Waals surface area contributed by atoms with Crippen LogP contribution in [0, 0.1) is 0 Å². The average molecular weight is 292 g/mol. The van der Waals surface area contributed by atoms with Gasteiger partial charge >= 0.3 is 5.97 Å². The maximum Gasteiger partial charge on any atom is 0.317 e. The maximum absolute atomic E-state index is 11.0. The maximum atomic E-state index is 11.0. The van der Waals surface area contributed by atoms with Crippen molar-refractivity contribution in [1.29, 1.82) is 0 Å². The van der Waals surface area contributed by atoms with Crippen molar-refractivity contribution in [3.63, 3.8) is 0 Å². The molecule has 116 valence electrons. The van der Waals surface area contributed by atoms with Gasteiger partial charge in [-0.2, -0.15) is 0 Å². The summed E-state index contributed by atoms with van der Waals surface area (Å²) < 4.78 is 5.09. The van der Waals surface area contributed by atoms with Crippen molar-refractivity contribution >= 4 is 11.7 Å². The minimum Gasteiger partial charge on any atom is -0.480 e. The highest BCUT2D eigenvalue weighted by atomic mass is 16.5. The van der Waals surface area contributed by atoms with E-state index < -0.39 is 5.97 Å². The number of rotatable bonds is 7. The molecule has 1 aliphatic heterocycles. The van der Waals surface area contributed by atoms with Crippen LogP contribution in [-0.2, 0) is 9.53 Å². The molecule has 0 atom stereocenters. The number of nitrogens with zero attached hydrogens (tertiary/aromatic N) is 2. The highest BCUT2D eigenvalue weighted by molar-refractivity contribution is 5.69. The van der Waals surface area contributed by atoms with Crippen LogP contribution in [0.15, 0.2) is 30.3 Å². The SMILES string of the molecule is COCCN(CC(=O)O)C1CCN(c2ccccc2)CC1. The fourth-order valence-electron chi connectivity index (χ4n) is 2.90. The van der Waals surface area contributed by atoms with Gasteiger partial charge in [-0.15, -0.1) is 0 Å². The summed E-state index contributed by atoms with van der Waals surface area (Å²) in [5.74, 6) is -0.767. The Kier molecular flexibility index (Phi) is 6.02. The molecule has 1 aromatic rings. The Morgan fingerprint density at radius 1 is 1.33 bits per heavy atom. The molecule has 1 aliphatic rings. The number of para-hydroxylation sites is 1. The predicted octanol–water partition coefficient (Wildman–Crippen LogP) is 1.69. The summed E-state index contributed by atoms with van der Waals surface area (Å²) in [5, 5.41) is 9.05. The van der Waals surface area contributed by atoms with Crippen LogP contribution in [0.25, 0.3) is 0 Å². The first-order chi connectivity index (χ1) is 10.2. The van der Waals surface area contributed by atoms with E-state index in [-0.39, 0.29) is 6.54 Å². The van der Waals surface area contributed by atoms with Crippen LogP contribution in [-0.4, -0.2) is 61.9 Å². The lowest BCUT2D eigenvalue weighted by molar-refractivity contribution is -0.139. The van der Waals surface area contributed by atoms with Gasteiger partial charge in [0.25, 0.3) is 0 Å². The van der Waals surface area contributed by atoms with Crippen LogP contribution in [0.3, 0.4) is 0 Å². The summed E-state index contributed by atoms with van der Waals surface area (Å²) in [6.45, 7) is 3.29. The lowest BCUT2D eigenvalue weighted by atomic mass is 10.0. The third-order valence-corrected chi connectivity index (χ3v) is 4.02. The van der Waals surface area contributed by atoms with Gasteiger partial charge in [0.1, 0.15) is 0 Å². The standard InChI is InChI=1S/C16H24N2O3/c1-21-12-11-18(13-16(19)20)15-7-9-17(10-8-15)14-5-3-2-4-6-14/h2-6,15H,7-13H2,1H3,(H,19,20). The van der Waals surface area contributed by atoms with Gasteiger partial charge in [-0.25, -0.2) is 0 Å². The van der Waals surface area contributed by atoms with Gasteiger partial charge in [0.2, 0.25) is 0 Å². The van der Waals surface area contributed by atoms with Crippen LogP contribution < -0.4 is 4.90 Å². The van der Waals surface area contributed by atoms with E-state index in [1.54, 1.807) is 7.11 Å². The minimum absolute atomic E-state index is 0.0966. The molecule has 21 heavy (non-hydrogen) atoms. The number of anilines is 1. The van der Waals surface area contributed by atoms with Crippen molar-refractivity contribution in [3.8, 4) is 0 Å². The normalized spacial score (nSPS) is 16.4. The van der Waals surface area contributed by atoms with E-state index >= 15 is 0 Å². The Labute approximate surface area is 126 Å². The van der Waals surface area contributed by atoms with Gasteiger partial charge in [0.05, 0.1) is 13.2 Å². The summed E-state index contributed by atoms with van der Waals surface area (Å²) in [6.07, 6.45) is 1.98. The zero-order valence-electron chi connectivity index (χ0n) is 12.6. The fraction of sp³-hybridized carbons (Fsp3) is 0.562. The van der Waals surface area contributed by atoms with Crippen LogP contribution in [0.4, 0.5) is 5.69 Å². The molecule has 1 heterocycles. The zero-order valence-corrected chi connectivity index (χ0v) is 12.6. The molecule has 1 fully saturated rings. The molecule has 0 spiro atoms. The van der Waals surface area contributed by atoms with Crippen LogP contribution >= 0.6 is 0 Å². The molecule has 1 aromatic carbocycles. The second kappa shape index (κ2) is 8.00. The molecule has 0 amide bonds. The first kappa shape index (κ1) is 15.8. The van der Waals surface area contributed by atoms with Crippen molar-refractivity contribution in [3.05, 3.63) is 30.3 Å². The van der Waals surface area contributed by atoms with Crippen LogP contribution in [0.5, 0.6) is 0 Å². The molecule has 0 aromatic heterocycles. The summed E-state index contributed by atoms with van der Waals surface area (Å²) in [4.78, 5) is 15.4. The summed E-state index contributed by atoms with van der Waals surface area (Å²) in [6, 6.07) is 10.7. The van der Waals surface area contributed by atoms with E-state index in [1.807, 2.05) is 11.0 Å². The van der Waals surface area contributed by atoms with Crippen molar-refractivity contribution in [2.75, 3.05) is 44.8 Å². The van der Waals surface area contributed by atoms with E-state index in [0.717, 1.165) is 25.9 Å². The number of methoxy groups -OCH3 is 1. The van der Waals surface area contributed by atoms with E-state index in [9.17, 15) is 4.79 Å². The smallest absolute Gasteiger partial charge is 0.317 e. The van der Waals surface area contributed by atoms with Gasteiger partial charge in [-0.1, -0.05) is 18.2 Å². The average Bonchev–Trinajstić information content (AvgIpc) is 2.52. The monoisotopic (exact) mass is 292 g/mol. The Hall–Kier alpha value is -1.59. The largest absolute Gasteiger partial charge is 0.480 e. The van der Waals surface area contributed by atoms with Crippen molar-refractivity contribution in [1.82, 2.24) is 4.90 Å². The number of aliphatic carboxylic acids is 1. The molecule has 0 unspecified atom stereocenters. The molecular weight excluding hydrogens is 268 g/mol. The number of carboxylic acids is 1. The van der Waals surface area contributed by atoms with Gasteiger partial charge < -0.3 is 14.7 Å². The summed E-state index contributed by atoms with van der Waals surface area (Å²) in [5.41, 5.74) is 1.25. The lowest BCUT2D eigenvalue weighted by Gasteiger charge is -2.38. The summed E-state index contributed by atoms with van der Waals surface area (Å²) >= 11 is 0. The number of carbonyl (C=O) groups is 1. The molecule has 1 N–H and O–H groups in total. The van der Waals surface area contributed by atoms with E-state index in [2.05, 4.69) is 29.2 Å². The lowest BCUT2D eigenvalue weighted by Crippen LogP contribution is -2.47. The third kappa shape index (κ3) is 4.72. The Bertz CT molecular complexity index is 430. The first-order valence-electron chi connectivity index (χ1n) is 7.45. The fourth-order valence-corrected chi connectivity index (χ4v) is 2.90. The van der Waals surface area contributed by atoms with Crippen LogP contribution in [0.1, 0.15) is 12.8 Å². The van der Waals surface area contributed by atoms with Gasteiger partial charge in [-0.05, 0) is 25.0 Å². The van der Waals surface area contributed by atoms with E-state index in [1.165, 1.54) is 5.69 Å². The molecule has 1 saturated heterocycles. The Balaban J connectivity index is 1.89. The van der Waals surface area contributed by atoms with Crippen molar-refractivity contribution in [2.45, 2.75) is 18.9 Å². The highest BCUT2D eigenvalue weighted by Gasteiger charge is 2.25. The second-order valence-electron chi connectivity index (χ2n) is 5.41. The molecule has 0 aliphatic carbocycles. The van der Waals surface area contributed by atoms with Gasteiger partial charge in [0, 0.05) is 38.5 Å². The molecule has 5 nitrogen and oxygen atoms in total.